The molecule has 1 saturated heterocycles. The number of hydrogen-bond acceptors (Lipinski definition) is 7. The summed E-state index contributed by atoms with van der Waals surface area (Å²) in [5.74, 6) is 0.418. The van der Waals surface area contributed by atoms with Gasteiger partial charge in [0.2, 0.25) is 0 Å². The van der Waals surface area contributed by atoms with Gasteiger partial charge in [0.15, 0.2) is 11.5 Å². The second-order valence-corrected chi connectivity index (χ2v) is 7.79. The number of nitrogen functional groups attached to an aromatic ring is 1. The van der Waals surface area contributed by atoms with Gasteiger partial charge in [-0.15, -0.1) is 0 Å². The molecule has 4 heterocycles. The summed E-state index contributed by atoms with van der Waals surface area (Å²) in [4.78, 5) is 38.6. The van der Waals surface area contributed by atoms with Crippen LogP contribution in [0, 0.1) is 6.92 Å². The van der Waals surface area contributed by atoms with Crippen molar-refractivity contribution in [3.63, 3.8) is 0 Å². The highest BCUT2D eigenvalue weighted by molar-refractivity contribution is 6.03. The van der Waals surface area contributed by atoms with Crippen molar-refractivity contribution in [1.82, 2.24) is 29.4 Å². The monoisotopic (exact) mass is 430 g/mol. The minimum absolute atomic E-state index is 0.00701. The van der Waals surface area contributed by atoms with E-state index in [1.807, 2.05) is 13.0 Å². The Bertz CT molecular complexity index is 1370. The average Bonchev–Trinajstić information content (AvgIpc) is 3.40. The summed E-state index contributed by atoms with van der Waals surface area (Å²) in [5.41, 5.74) is 8.89. The molecule has 10 heteroatoms. The minimum Gasteiger partial charge on any atom is -0.382 e. The van der Waals surface area contributed by atoms with Crippen LogP contribution in [0.1, 0.15) is 28.4 Å². The molecule has 0 aliphatic carbocycles. The van der Waals surface area contributed by atoms with Gasteiger partial charge in [-0.2, -0.15) is 0 Å². The summed E-state index contributed by atoms with van der Waals surface area (Å²) in [6.07, 6.45) is 3.84. The molecule has 1 aliphatic heterocycles. The van der Waals surface area contributed by atoms with Crippen LogP contribution in [0.4, 0.5) is 11.6 Å². The molecule has 0 bridgehead atoms. The first kappa shape index (κ1) is 19.9. The van der Waals surface area contributed by atoms with Crippen LogP contribution in [0.5, 0.6) is 0 Å². The van der Waals surface area contributed by atoms with Gasteiger partial charge in [-0.1, -0.05) is 0 Å². The number of fused-ring (bicyclic) bond motifs is 1. The Kier molecular flexibility index (Phi) is 4.91. The number of pyridine rings is 1. The smallest absolute Gasteiger partial charge is 0.335 e. The zero-order valence-corrected chi connectivity index (χ0v) is 17.4. The number of aromatic nitrogens is 5. The summed E-state index contributed by atoms with van der Waals surface area (Å²) in [5, 5.41) is 6.06. The first-order chi connectivity index (χ1) is 15.5. The number of nitrogens with zero attached hydrogens (tertiary/aromatic N) is 5. The Morgan fingerprint density at radius 2 is 2.00 bits per heavy atom. The molecule has 162 valence electrons. The van der Waals surface area contributed by atoms with Crippen LogP contribution in [0.2, 0.25) is 0 Å². The van der Waals surface area contributed by atoms with Crippen molar-refractivity contribution >= 4 is 28.7 Å². The maximum atomic E-state index is 13.4. The molecule has 1 amide bonds. The highest BCUT2D eigenvalue weighted by Crippen LogP contribution is 2.25. The summed E-state index contributed by atoms with van der Waals surface area (Å²) < 4.78 is 3.18. The third kappa shape index (κ3) is 3.40. The number of anilines is 2. The van der Waals surface area contributed by atoms with Crippen LogP contribution < -0.4 is 22.1 Å². The van der Waals surface area contributed by atoms with Gasteiger partial charge in [0.25, 0.3) is 5.91 Å². The zero-order chi connectivity index (χ0) is 22.2. The predicted molar refractivity (Wildman–Crippen MR) is 121 cm³/mol. The third-order valence-corrected chi connectivity index (χ3v) is 5.62. The summed E-state index contributed by atoms with van der Waals surface area (Å²) in [6.45, 7) is 3.45. The fourth-order valence-corrected chi connectivity index (χ4v) is 4.05. The van der Waals surface area contributed by atoms with Gasteiger partial charge in [-0.05, 0) is 61.9 Å². The molecule has 1 atom stereocenters. The van der Waals surface area contributed by atoms with E-state index in [4.69, 9.17) is 5.73 Å². The van der Waals surface area contributed by atoms with Crippen molar-refractivity contribution in [2.24, 2.45) is 0 Å². The van der Waals surface area contributed by atoms with E-state index in [1.54, 1.807) is 41.1 Å². The molecule has 0 spiro atoms. The second-order valence-electron chi connectivity index (χ2n) is 7.79. The number of carbonyl (C=O) groups is 1. The maximum absolute atomic E-state index is 13.4. The van der Waals surface area contributed by atoms with Crippen LogP contribution in [0.25, 0.3) is 16.9 Å². The molecular weight excluding hydrogens is 408 g/mol. The normalized spacial score (nSPS) is 15.8. The number of carbonyl (C=O) groups excluding carboxylic acids is 1. The number of benzene rings is 1. The van der Waals surface area contributed by atoms with Crippen LogP contribution >= 0.6 is 0 Å². The lowest BCUT2D eigenvalue weighted by atomic mass is 10.2. The average molecular weight is 430 g/mol. The Hall–Kier alpha value is -4.05. The molecule has 3 aromatic heterocycles. The molecule has 0 saturated carbocycles. The molecule has 0 unspecified atom stereocenters. The fourth-order valence-electron chi connectivity index (χ4n) is 4.05. The van der Waals surface area contributed by atoms with Gasteiger partial charge in [-0.25, -0.2) is 19.7 Å². The molecule has 1 aliphatic rings. The first-order valence-electron chi connectivity index (χ1n) is 10.3. The SMILES string of the molecule is Cc1ccnc(NC(=O)c2ccc(-n3c(=O)n([C@@H]4CCNC4)c4ncnc(N)c43)cc2)c1. The van der Waals surface area contributed by atoms with Crippen LogP contribution in [0.3, 0.4) is 0 Å². The predicted octanol–water partition coefficient (Wildman–Crippen LogP) is 1.65. The molecule has 32 heavy (non-hydrogen) atoms. The lowest BCUT2D eigenvalue weighted by Crippen LogP contribution is -2.28. The topological polar surface area (TPSA) is 133 Å². The van der Waals surface area contributed by atoms with Crippen molar-refractivity contribution < 1.29 is 4.79 Å². The molecule has 4 aromatic rings. The number of rotatable bonds is 4. The zero-order valence-electron chi connectivity index (χ0n) is 17.4. The molecule has 1 aromatic carbocycles. The van der Waals surface area contributed by atoms with Crippen molar-refractivity contribution in [3.05, 3.63) is 70.5 Å². The summed E-state index contributed by atoms with van der Waals surface area (Å²) in [6, 6.07) is 10.4. The Balaban J connectivity index is 1.53. The van der Waals surface area contributed by atoms with Crippen molar-refractivity contribution in [2.45, 2.75) is 19.4 Å². The Morgan fingerprint density at radius 1 is 1.19 bits per heavy atom. The van der Waals surface area contributed by atoms with E-state index in [2.05, 4.69) is 25.6 Å². The van der Waals surface area contributed by atoms with Gasteiger partial charge < -0.3 is 16.4 Å². The van der Waals surface area contributed by atoms with Crippen molar-refractivity contribution in [2.75, 3.05) is 24.1 Å². The van der Waals surface area contributed by atoms with Gasteiger partial charge in [0.05, 0.1) is 11.7 Å². The van der Waals surface area contributed by atoms with Gasteiger partial charge in [0, 0.05) is 18.3 Å². The lowest BCUT2D eigenvalue weighted by Gasteiger charge is -2.09. The fraction of sp³-hybridized carbons (Fsp3) is 0.227. The standard InChI is InChI=1S/C22H22N8O2/c1-13-6-9-25-17(10-13)28-21(31)14-2-4-15(5-3-14)29-18-19(23)26-12-27-20(18)30(22(29)32)16-7-8-24-11-16/h2-6,9-10,12,16,24H,7-8,11H2,1H3,(H2,23,26,27)(H,25,28,31)/t16-/m1/s1. The van der Waals surface area contributed by atoms with E-state index in [0.29, 0.717) is 34.8 Å². The van der Waals surface area contributed by atoms with Crippen LogP contribution in [0.15, 0.2) is 53.7 Å². The minimum atomic E-state index is -0.288. The van der Waals surface area contributed by atoms with E-state index in [0.717, 1.165) is 18.5 Å². The molecule has 10 nitrogen and oxygen atoms in total. The van der Waals surface area contributed by atoms with Gasteiger partial charge in [-0.3, -0.25) is 13.9 Å². The maximum Gasteiger partial charge on any atom is 0.335 e. The van der Waals surface area contributed by atoms with Crippen LogP contribution in [-0.4, -0.2) is 43.1 Å². The molecular formula is C22H22N8O2. The number of aryl methyl sites for hydroxylation is 1. The van der Waals surface area contributed by atoms with E-state index in [-0.39, 0.29) is 23.5 Å². The lowest BCUT2D eigenvalue weighted by molar-refractivity contribution is 0.102. The van der Waals surface area contributed by atoms with Crippen molar-refractivity contribution in [1.29, 1.82) is 0 Å². The summed E-state index contributed by atoms with van der Waals surface area (Å²) in [7, 11) is 0. The number of amides is 1. The van der Waals surface area contributed by atoms with Gasteiger partial charge >= 0.3 is 5.69 Å². The number of hydrogen-bond donors (Lipinski definition) is 3. The highest BCUT2D eigenvalue weighted by Gasteiger charge is 2.26. The quantitative estimate of drug-likeness (QED) is 0.448. The second kappa shape index (κ2) is 7.89. The first-order valence-corrected chi connectivity index (χ1v) is 10.3. The Labute approximate surface area is 183 Å². The molecule has 1 fully saturated rings. The van der Waals surface area contributed by atoms with E-state index < -0.39 is 0 Å². The number of nitrogens with one attached hydrogen (secondary N) is 2. The highest BCUT2D eigenvalue weighted by atomic mass is 16.2. The molecule has 0 radical (unpaired) electrons. The number of imidazole rings is 1. The van der Waals surface area contributed by atoms with E-state index >= 15 is 0 Å². The van der Waals surface area contributed by atoms with Crippen molar-refractivity contribution in [3.8, 4) is 5.69 Å². The summed E-state index contributed by atoms with van der Waals surface area (Å²) >= 11 is 0. The number of nitrogens with two attached hydrogens (primary N) is 1. The largest absolute Gasteiger partial charge is 0.382 e. The molecule has 5 rings (SSSR count). The van der Waals surface area contributed by atoms with Crippen LogP contribution in [-0.2, 0) is 0 Å². The third-order valence-electron chi connectivity index (χ3n) is 5.62. The van der Waals surface area contributed by atoms with E-state index in [9.17, 15) is 9.59 Å². The van der Waals surface area contributed by atoms with Gasteiger partial charge in [0.1, 0.15) is 17.7 Å². The molecule has 4 N–H and O–H groups in total. The Morgan fingerprint density at radius 3 is 2.72 bits per heavy atom. The van der Waals surface area contributed by atoms with E-state index in [1.165, 1.54) is 10.9 Å².